The van der Waals surface area contributed by atoms with Crippen LogP contribution in [0, 0.1) is 0 Å². The summed E-state index contributed by atoms with van der Waals surface area (Å²) in [5.41, 5.74) is 0. The number of hydrogen-bond acceptors (Lipinski definition) is 6. The Kier molecular flexibility index (Phi) is 12.8. The number of unbranched alkanes of at least 4 members (excludes halogenated alkanes) is 4. The number of carbonyl (C=O) groups excluding carboxylic acids is 2. The molecule has 0 aromatic rings. The third-order valence-electron chi connectivity index (χ3n) is 3.13. The molecule has 0 spiro atoms. The van der Waals surface area contributed by atoms with E-state index in [9.17, 15) is 14.2 Å². The molecule has 0 amide bonds. The monoisotopic (exact) mass is 368 g/mol. The van der Waals surface area contributed by atoms with Crippen molar-refractivity contribution in [3.63, 3.8) is 0 Å². The molecule has 0 saturated carbocycles. The van der Waals surface area contributed by atoms with Crippen molar-refractivity contribution in [2.75, 3.05) is 13.2 Å². The number of ether oxygens (including phenoxy) is 2. The van der Waals surface area contributed by atoms with Crippen LogP contribution in [-0.2, 0) is 28.2 Å². The van der Waals surface area contributed by atoms with E-state index in [1.807, 2.05) is 6.92 Å². The third kappa shape index (κ3) is 14.6. The van der Waals surface area contributed by atoms with Crippen LogP contribution in [0.3, 0.4) is 0 Å². The molecule has 0 radical (unpaired) electrons. The van der Waals surface area contributed by atoms with Crippen LogP contribution in [-0.4, -0.2) is 41.0 Å². The first-order chi connectivity index (χ1) is 11.3. The molecule has 1 atom stereocenters. The van der Waals surface area contributed by atoms with Gasteiger partial charge in [-0.2, -0.15) is 0 Å². The van der Waals surface area contributed by atoms with Crippen LogP contribution in [0.25, 0.3) is 0 Å². The van der Waals surface area contributed by atoms with Crippen LogP contribution >= 0.6 is 7.82 Å². The molecule has 24 heavy (non-hydrogen) atoms. The van der Waals surface area contributed by atoms with Gasteiger partial charge in [-0.1, -0.05) is 39.5 Å². The smallest absolute Gasteiger partial charge is 0.462 e. The van der Waals surface area contributed by atoms with Crippen molar-refractivity contribution in [3.05, 3.63) is 0 Å². The summed E-state index contributed by atoms with van der Waals surface area (Å²) in [5, 5.41) is 0. The summed E-state index contributed by atoms with van der Waals surface area (Å²) in [6.07, 6.45) is 4.61. The highest BCUT2D eigenvalue weighted by Crippen LogP contribution is 2.35. The normalized spacial score (nSPS) is 12.7. The molecule has 0 fully saturated rings. The molecule has 0 aliphatic rings. The molecule has 8 nitrogen and oxygen atoms in total. The van der Waals surface area contributed by atoms with E-state index >= 15 is 0 Å². The van der Waals surface area contributed by atoms with E-state index in [2.05, 4.69) is 11.4 Å². The molecule has 0 saturated heterocycles. The summed E-state index contributed by atoms with van der Waals surface area (Å²) in [6.45, 7) is 3.16. The van der Waals surface area contributed by atoms with E-state index in [0.717, 1.165) is 25.7 Å². The van der Waals surface area contributed by atoms with Gasteiger partial charge in [0, 0.05) is 12.8 Å². The highest BCUT2D eigenvalue weighted by atomic mass is 31.2. The van der Waals surface area contributed by atoms with E-state index in [4.69, 9.17) is 19.3 Å². The van der Waals surface area contributed by atoms with Crippen molar-refractivity contribution in [2.24, 2.45) is 0 Å². The lowest BCUT2D eigenvalue weighted by atomic mass is 10.2. The second kappa shape index (κ2) is 13.4. The Morgan fingerprint density at radius 3 is 2.12 bits per heavy atom. The molecule has 0 unspecified atom stereocenters. The topological polar surface area (TPSA) is 119 Å². The summed E-state index contributed by atoms with van der Waals surface area (Å²) in [4.78, 5) is 40.7. The van der Waals surface area contributed by atoms with E-state index < -0.39 is 32.5 Å². The first-order valence-corrected chi connectivity index (χ1v) is 9.86. The Hall–Kier alpha value is -0.950. The predicted molar refractivity (Wildman–Crippen MR) is 87.1 cm³/mol. The molecule has 0 bridgehead atoms. The van der Waals surface area contributed by atoms with Gasteiger partial charge in [-0.15, -0.1) is 0 Å². The average Bonchev–Trinajstić information content (AvgIpc) is 2.51. The first-order valence-electron chi connectivity index (χ1n) is 8.33. The van der Waals surface area contributed by atoms with Gasteiger partial charge in [-0.05, 0) is 12.8 Å². The second-order valence-corrected chi connectivity index (χ2v) is 6.73. The number of esters is 2. The van der Waals surface area contributed by atoms with Gasteiger partial charge in [0.1, 0.15) is 6.61 Å². The summed E-state index contributed by atoms with van der Waals surface area (Å²) >= 11 is 0. The van der Waals surface area contributed by atoms with Gasteiger partial charge in [0.05, 0.1) is 6.61 Å². The maximum atomic E-state index is 11.6. The summed E-state index contributed by atoms with van der Waals surface area (Å²) in [5.74, 6) is -0.952. The standard InChI is InChI=1S/C15H29O8P/c1-3-5-7-8-10-14(16)21-11-13(12-22-24(18,19)20)23-15(17)9-6-4-2/h13H,3-12H2,1-2H3,(H2,18,19,20)/t13-/m0/s1. The highest BCUT2D eigenvalue weighted by molar-refractivity contribution is 7.46. The van der Waals surface area contributed by atoms with Gasteiger partial charge in [-0.25, -0.2) is 4.57 Å². The maximum Gasteiger partial charge on any atom is 0.469 e. The molecule has 142 valence electrons. The van der Waals surface area contributed by atoms with Crippen molar-refractivity contribution in [1.29, 1.82) is 0 Å². The third-order valence-corrected chi connectivity index (χ3v) is 3.61. The van der Waals surface area contributed by atoms with Crippen LogP contribution in [0.15, 0.2) is 0 Å². The van der Waals surface area contributed by atoms with Gasteiger partial charge in [0.2, 0.25) is 0 Å². The fourth-order valence-corrected chi connectivity index (χ4v) is 2.18. The maximum absolute atomic E-state index is 11.6. The van der Waals surface area contributed by atoms with Crippen molar-refractivity contribution in [2.45, 2.75) is 71.3 Å². The Bertz CT molecular complexity index is 406. The molecule has 0 heterocycles. The SMILES string of the molecule is CCCCCCC(=O)OC[C@@H](COP(=O)(O)O)OC(=O)CCCC. The van der Waals surface area contributed by atoms with Crippen molar-refractivity contribution in [3.8, 4) is 0 Å². The minimum atomic E-state index is -4.69. The number of rotatable bonds is 14. The molecule has 2 N–H and O–H groups in total. The molecule has 0 aliphatic heterocycles. The number of hydrogen-bond donors (Lipinski definition) is 2. The fourth-order valence-electron chi connectivity index (χ4n) is 1.82. The second-order valence-electron chi connectivity index (χ2n) is 5.50. The van der Waals surface area contributed by atoms with Gasteiger partial charge in [-0.3, -0.25) is 14.1 Å². The van der Waals surface area contributed by atoms with Crippen LogP contribution in [0.5, 0.6) is 0 Å². The number of carbonyl (C=O) groups is 2. The van der Waals surface area contributed by atoms with E-state index in [1.54, 1.807) is 0 Å². The van der Waals surface area contributed by atoms with Crippen LogP contribution in [0.4, 0.5) is 0 Å². The molecule has 0 aliphatic carbocycles. The Morgan fingerprint density at radius 1 is 0.917 bits per heavy atom. The lowest BCUT2D eigenvalue weighted by Crippen LogP contribution is -2.29. The molecular formula is C15H29O8P. The minimum absolute atomic E-state index is 0.188. The van der Waals surface area contributed by atoms with Crippen LogP contribution < -0.4 is 0 Å². The largest absolute Gasteiger partial charge is 0.469 e. The van der Waals surface area contributed by atoms with Gasteiger partial charge in [0.15, 0.2) is 6.10 Å². The van der Waals surface area contributed by atoms with Crippen molar-refractivity contribution in [1.82, 2.24) is 0 Å². The van der Waals surface area contributed by atoms with Crippen molar-refractivity contribution >= 4 is 19.8 Å². The Labute approximate surface area is 143 Å². The minimum Gasteiger partial charge on any atom is -0.462 e. The van der Waals surface area contributed by atoms with E-state index in [1.165, 1.54) is 0 Å². The average molecular weight is 368 g/mol. The quantitative estimate of drug-likeness (QED) is 0.273. The Morgan fingerprint density at radius 2 is 1.54 bits per heavy atom. The summed E-state index contributed by atoms with van der Waals surface area (Å²) in [7, 11) is -4.69. The zero-order valence-electron chi connectivity index (χ0n) is 14.4. The first kappa shape index (κ1) is 23.1. The summed E-state index contributed by atoms with van der Waals surface area (Å²) < 4.78 is 25.2. The van der Waals surface area contributed by atoms with Crippen LogP contribution in [0.2, 0.25) is 0 Å². The van der Waals surface area contributed by atoms with E-state index in [-0.39, 0.29) is 19.4 Å². The Balaban J connectivity index is 4.29. The van der Waals surface area contributed by atoms with Crippen molar-refractivity contribution < 1.29 is 37.9 Å². The molecule has 0 aromatic carbocycles. The van der Waals surface area contributed by atoms with E-state index in [0.29, 0.717) is 12.8 Å². The predicted octanol–water partition coefficient (Wildman–Crippen LogP) is 2.71. The molecule has 0 rings (SSSR count). The summed E-state index contributed by atoms with van der Waals surface area (Å²) in [6, 6.07) is 0. The molecule has 9 heteroatoms. The highest BCUT2D eigenvalue weighted by Gasteiger charge is 2.22. The number of phosphoric acid groups is 1. The van der Waals surface area contributed by atoms with Crippen LogP contribution in [0.1, 0.15) is 65.2 Å². The van der Waals surface area contributed by atoms with Gasteiger partial charge >= 0.3 is 19.8 Å². The lowest BCUT2D eigenvalue weighted by Gasteiger charge is -2.18. The van der Waals surface area contributed by atoms with Gasteiger partial charge < -0.3 is 19.3 Å². The van der Waals surface area contributed by atoms with Gasteiger partial charge in [0.25, 0.3) is 0 Å². The fraction of sp³-hybridized carbons (Fsp3) is 0.867. The zero-order valence-corrected chi connectivity index (χ0v) is 15.3. The number of phosphoric ester groups is 1. The molecular weight excluding hydrogens is 339 g/mol. The molecule has 0 aromatic heterocycles. The zero-order chi connectivity index (χ0) is 18.4. The lowest BCUT2D eigenvalue weighted by molar-refractivity contribution is -0.161.